The molecule has 1 atom stereocenters. The Labute approximate surface area is 113 Å². The van der Waals surface area contributed by atoms with Crippen LogP contribution in [0.2, 0.25) is 0 Å². The summed E-state index contributed by atoms with van der Waals surface area (Å²) in [7, 11) is 0. The fourth-order valence-electron chi connectivity index (χ4n) is 1.76. The summed E-state index contributed by atoms with van der Waals surface area (Å²) in [6, 6.07) is 9.37. The Hall–Kier alpha value is -2.10. The molecule has 1 aromatic heterocycles. The summed E-state index contributed by atoms with van der Waals surface area (Å²) in [5, 5.41) is 8.55. The van der Waals surface area contributed by atoms with Crippen molar-refractivity contribution in [3.8, 4) is 5.88 Å². The van der Waals surface area contributed by atoms with Crippen molar-refractivity contribution in [3.05, 3.63) is 35.9 Å². The molecule has 0 spiro atoms. The van der Waals surface area contributed by atoms with Crippen LogP contribution in [0.3, 0.4) is 0 Å². The Morgan fingerprint density at radius 3 is 2.58 bits per heavy atom. The first-order chi connectivity index (χ1) is 8.99. The van der Waals surface area contributed by atoms with Crippen LogP contribution in [-0.4, -0.2) is 16.9 Å². The maximum Gasteiger partial charge on any atom is 0.214 e. The third-order valence-electron chi connectivity index (χ3n) is 3.23. The topological polar surface area (TPSA) is 72.0 Å². The third kappa shape index (κ3) is 2.84. The van der Waals surface area contributed by atoms with Crippen LogP contribution in [0.15, 0.2) is 30.3 Å². The first kappa shape index (κ1) is 13.3. The molecular weight excluding hydrogens is 238 g/mol. The fraction of sp³-hybridized carbons (Fsp3) is 0.333. The van der Waals surface area contributed by atoms with Gasteiger partial charge in [-0.15, -0.1) is 0 Å². The van der Waals surface area contributed by atoms with Gasteiger partial charge in [-0.25, -0.2) is 4.98 Å². The van der Waals surface area contributed by atoms with E-state index in [2.05, 4.69) is 18.8 Å². The number of fused-ring (bicyclic) bond motifs is 1. The molecule has 0 fully saturated rings. The summed E-state index contributed by atoms with van der Waals surface area (Å²) in [4.78, 5) is 4.47. The number of rotatable bonds is 4. The van der Waals surface area contributed by atoms with Crippen LogP contribution in [0, 0.1) is 11.3 Å². The van der Waals surface area contributed by atoms with Crippen LogP contribution in [-0.2, 0) is 0 Å². The molecule has 0 radical (unpaired) electrons. The molecule has 0 bridgehead atoms. The zero-order chi connectivity index (χ0) is 14.0. The van der Waals surface area contributed by atoms with Crippen LogP contribution in [0.1, 0.15) is 26.3 Å². The van der Waals surface area contributed by atoms with E-state index < -0.39 is 0 Å². The predicted octanol–water partition coefficient (Wildman–Crippen LogP) is 2.94. The lowest BCUT2D eigenvalue weighted by Crippen LogP contribution is -2.20. The highest BCUT2D eigenvalue weighted by atomic mass is 16.5. The average molecular weight is 257 g/mol. The van der Waals surface area contributed by atoms with Crippen LogP contribution >= 0.6 is 0 Å². The molecule has 0 aliphatic heterocycles. The third-order valence-corrected chi connectivity index (χ3v) is 3.23. The van der Waals surface area contributed by atoms with Gasteiger partial charge in [-0.3, -0.25) is 5.41 Å². The van der Waals surface area contributed by atoms with Gasteiger partial charge in [0.1, 0.15) is 5.84 Å². The molecule has 2 aromatic rings. The summed E-state index contributed by atoms with van der Waals surface area (Å²) in [5.74, 6) is 0.944. The summed E-state index contributed by atoms with van der Waals surface area (Å²) < 4.78 is 5.81. The number of nitrogens with zero attached hydrogens (tertiary/aromatic N) is 1. The Morgan fingerprint density at radius 2 is 1.95 bits per heavy atom. The number of nitrogens with two attached hydrogens (primary N) is 1. The molecule has 1 heterocycles. The molecule has 0 saturated carbocycles. The van der Waals surface area contributed by atoms with E-state index in [1.165, 1.54) is 0 Å². The van der Waals surface area contributed by atoms with Crippen molar-refractivity contribution in [1.82, 2.24) is 4.98 Å². The van der Waals surface area contributed by atoms with Crippen LogP contribution < -0.4 is 10.5 Å². The minimum absolute atomic E-state index is 0.0284. The smallest absolute Gasteiger partial charge is 0.214 e. The first-order valence-corrected chi connectivity index (χ1v) is 6.40. The zero-order valence-electron chi connectivity index (χ0n) is 11.5. The number of ether oxygens (including phenoxy) is 1. The van der Waals surface area contributed by atoms with Crippen LogP contribution in [0.5, 0.6) is 5.88 Å². The summed E-state index contributed by atoms with van der Waals surface area (Å²) in [5.41, 5.74) is 7.10. The van der Waals surface area contributed by atoms with Crippen molar-refractivity contribution in [2.24, 2.45) is 11.7 Å². The summed E-state index contributed by atoms with van der Waals surface area (Å²) in [6.45, 7) is 6.20. The second-order valence-corrected chi connectivity index (χ2v) is 5.01. The number of para-hydroxylation sites is 1. The van der Waals surface area contributed by atoms with E-state index in [0.717, 1.165) is 10.9 Å². The molecule has 19 heavy (non-hydrogen) atoms. The largest absolute Gasteiger partial charge is 0.474 e. The lowest BCUT2D eigenvalue weighted by molar-refractivity contribution is 0.164. The molecule has 1 aromatic carbocycles. The van der Waals surface area contributed by atoms with E-state index in [4.69, 9.17) is 15.9 Å². The van der Waals surface area contributed by atoms with Gasteiger partial charge < -0.3 is 10.5 Å². The number of amidine groups is 1. The number of hydrogen-bond acceptors (Lipinski definition) is 3. The maximum absolute atomic E-state index is 7.68. The Bertz CT molecular complexity index is 607. The molecule has 100 valence electrons. The van der Waals surface area contributed by atoms with Gasteiger partial charge in [-0.2, -0.15) is 0 Å². The van der Waals surface area contributed by atoms with E-state index in [1.54, 1.807) is 6.07 Å². The molecule has 2 rings (SSSR count). The second kappa shape index (κ2) is 5.26. The van der Waals surface area contributed by atoms with Crippen LogP contribution in [0.4, 0.5) is 0 Å². The molecular formula is C15H19N3O. The number of nitrogen functional groups attached to an aromatic ring is 1. The average Bonchev–Trinajstić information content (AvgIpc) is 2.37. The first-order valence-electron chi connectivity index (χ1n) is 6.40. The number of hydrogen-bond donors (Lipinski definition) is 2. The van der Waals surface area contributed by atoms with Gasteiger partial charge in [-0.05, 0) is 18.9 Å². The lowest BCUT2D eigenvalue weighted by Gasteiger charge is -2.18. The second-order valence-electron chi connectivity index (χ2n) is 5.01. The van der Waals surface area contributed by atoms with Crippen molar-refractivity contribution in [2.75, 3.05) is 0 Å². The molecule has 1 unspecified atom stereocenters. The highest BCUT2D eigenvalue weighted by molar-refractivity contribution is 6.06. The molecule has 4 heteroatoms. The van der Waals surface area contributed by atoms with Crippen molar-refractivity contribution < 1.29 is 4.74 Å². The monoisotopic (exact) mass is 257 g/mol. The number of aromatic nitrogens is 1. The fourth-order valence-corrected chi connectivity index (χ4v) is 1.76. The Kier molecular flexibility index (Phi) is 3.69. The highest BCUT2D eigenvalue weighted by Crippen LogP contribution is 2.23. The minimum Gasteiger partial charge on any atom is -0.474 e. The predicted molar refractivity (Wildman–Crippen MR) is 77.7 cm³/mol. The van der Waals surface area contributed by atoms with E-state index in [0.29, 0.717) is 17.4 Å². The Balaban J connectivity index is 2.49. The van der Waals surface area contributed by atoms with E-state index in [9.17, 15) is 0 Å². The van der Waals surface area contributed by atoms with Gasteiger partial charge in [0.15, 0.2) is 0 Å². The van der Waals surface area contributed by atoms with E-state index in [-0.39, 0.29) is 11.9 Å². The van der Waals surface area contributed by atoms with Gasteiger partial charge in [0.2, 0.25) is 5.88 Å². The van der Waals surface area contributed by atoms with E-state index >= 15 is 0 Å². The molecule has 4 nitrogen and oxygen atoms in total. The Morgan fingerprint density at radius 1 is 1.26 bits per heavy atom. The van der Waals surface area contributed by atoms with Gasteiger partial charge in [0, 0.05) is 17.0 Å². The van der Waals surface area contributed by atoms with Crippen molar-refractivity contribution in [2.45, 2.75) is 26.9 Å². The quantitative estimate of drug-likeness (QED) is 0.653. The summed E-state index contributed by atoms with van der Waals surface area (Å²) >= 11 is 0. The molecule has 0 saturated heterocycles. The minimum atomic E-state index is 0.0284. The molecule has 0 amide bonds. The normalized spacial score (nSPS) is 12.6. The lowest BCUT2D eigenvalue weighted by atomic mass is 10.1. The number of pyridine rings is 1. The maximum atomic E-state index is 7.68. The standard InChI is InChI=1S/C15H19N3O/c1-9(2)10(3)19-14-8-12(15(16)17)11-6-4-5-7-13(11)18-14/h4-10H,1-3H3,(H3,16,17). The zero-order valence-corrected chi connectivity index (χ0v) is 11.5. The highest BCUT2D eigenvalue weighted by Gasteiger charge is 2.13. The number of nitrogens with one attached hydrogen (secondary N) is 1. The van der Waals surface area contributed by atoms with Gasteiger partial charge in [0.25, 0.3) is 0 Å². The van der Waals surface area contributed by atoms with Gasteiger partial charge >= 0.3 is 0 Å². The molecule has 0 aliphatic rings. The molecule has 3 N–H and O–H groups in total. The van der Waals surface area contributed by atoms with Crippen molar-refractivity contribution >= 4 is 16.7 Å². The van der Waals surface area contributed by atoms with Crippen LogP contribution in [0.25, 0.3) is 10.9 Å². The van der Waals surface area contributed by atoms with Gasteiger partial charge in [0.05, 0.1) is 11.6 Å². The van der Waals surface area contributed by atoms with Gasteiger partial charge in [-0.1, -0.05) is 32.0 Å². The van der Waals surface area contributed by atoms with Crippen molar-refractivity contribution in [1.29, 1.82) is 5.41 Å². The van der Waals surface area contributed by atoms with E-state index in [1.807, 2.05) is 31.2 Å². The summed E-state index contributed by atoms with van der Waals surface area (Å²) in [6.07, 6.45) is 0.0634. The number of benzene rings is 1. The van der Waals surface area contributed by atoms with Crippen molar-refractivity contribution in [3.63, 3.8) is 0 Å². The molecule has 0 aliphatic carbocycles. The SMILES string of the molecule is CC(C)C(C)Oc1cc(C(=N)N)c2ccccc2n1.